The Balaban J connectivity index is 2.01. The molecule has 1 aromatic rings. The number of β-amino-alcohol motifs (C(OH)–C–C–N with tert-alkyl or cyclic N) is 1. The molecule has 2 atom stereocenters. The molecule has 1 saturated heterocycles. The number of nitrogen functional groups attached to an aromatic ring is 1. The summed E-state index contributed by atoms with van der Waals surface area (Å²) in [5.41, 5.74) is 7.43. The Kier molecular flexibility index (Phi) is 4.02. The largest absolute Gasteiger partial charge is 0.398 e. The maximum Gasteiger partial charge on any atom is 0.0936 e. The first kappa shape index (κ1) is 12.4. The van der Waals surface area contributed by atoms with Crippen molar-refractivity contribution < 1.29 is 5.11 Å². The predicted molar refractivity (Wildman–Crippen MR) is 70.7 cm³/mol. The van der Waals surface area contributed by atoms with Crippen LogP contribution in [0, 0.1) is 0 Å². The fraction of sp³-hybridized carbons (Fsp3) is 0.571. The Morgan fingerprint density at radius 1 is 1.47 bits per heavy atom. The zero-order chi connectivity index (χ0) is 12.3. The van der Waals surface area contributed by atoms with Gasteiger partial charge in [-0.25, -0.2) is 0 Å². The molecule has 0 amide bonds. The van der Waals surface area contributed by atoms with Crippen LogP contribution in [0.3, 0.4) is 0 Å². The first-order valence-electron chi connectivity index (χ1n) is 6.49. The molecule has 0 spiro atoms. The molecule has 3 nitrogen and oxygen atoms in total. The third-order valence-electron chi connectivity index (χ3n) is 3.73. The molecule has 0 radical (unpaired) electrons. The molecule has 2 rings (SSSR count). The van der Waals surface area contributed by atoms with Crippen molar-refractivity contribution in [3.63, 3.8) is 0 Å². The molecule has 1 aliphatic rings. The topological polar surface area (TPSA) is 49.5 Å². The molecule has 0 aliphatic carbocycles. The van der Waals surface area contributed by atoms with Crippen molar-refractivity contribution in [1.29, 1.82) is 0 Å². The summed E-state index contributed by atoms with van der Waals surface area (Å²) < 4.78 is 0. The number of nitrogens with zero attached hydrogens (tertiary/aromatic N) is 1. The summed E-state index contributed by atoms with van der Waals surface area (Å²) in [4.78, 5) is 2.39. The average Bonchev–Trinajstić information content (AvgIpc) is 2.76. The van der Waals surface area contributed by atoms with Gasteiger partial charge in [0.1, 0.15) is 0 Å². The van der Waals surface area contributed by atoms with Crippen molar-refractivity contribution in [2.45, 2.75) is 38.3 Å². The quantitative estimate of drug-likeness (QED) is 0.785. The van der Waals surface area contributed by atoms with Crippen LogP contribution in [-0.4, -0.2) is 29.1 Å². The smallest absolute Gasteiger partial charge is 0.0936 e. The lowest BCUT2D eigenvalue weighted by atomic mass is 10.1. The van der Waals surface area contributed by atoms with Gasteiger partial charge in [-0.1, -0.05) is 25.1 Å². The fourth-order valence-corrected chi connectivity index (χ4v) is 2.73. The van der Waals surface area contributed by atoms with E-state index >= 15 is 0 Å². The fourth-order valence-electron chi connectivity index (χ4n) is 2.73. The van der Waals surface area contributed by atoms with Gasteiger partial charge in [0.2, 0.25) is 0 Å². The van der Waals surface area contributed by atoms with Gasteiger partial charge in [-0.3, -0.25) is 4.90 Å². The van der Waals surface area contributed by atoms with Crippen molar-refractivity contribution in [2.24, 2.45) is 0 Å². The number of aliphatic hydroxyl groups excluding tert-OH is 1. The van der Waals surface area contributed by atoms with Gasteiger partial charge < -0.3 is 10.8 Å². The second kappa shape index (κ2) is 5.52. The molecule has 94 valence electrons. The molecule has 0 aromatic heterocycles. The van der Waals surface area contributed by atoms with E-state index in [0.29, 0.717) is 18.3 Å². The van der Waals surface area contributed by atoms with Crippen molar-refractivity contribution in [1.82, 2.24) is 4.90 Å². The summed E-state index contributed by atoms with van der Waals surface area (Å²) in [6.07, 6.45) is 3.20. The van der Waals surface area contributed by atoms with Gasteiger partial charge in [-0.2, -0.15) is 0 Å². The Morgan fingerprint density at radius 3 is 2.94 bits per heavy atom. The molecule has 1 aliphatic heterocycles. The average molecular weight is 234 g/mol. The van der Waals surface area contributed by atoms with Crippen LogP contribution >= 0.6 is 0 Å². The van der Waals surface area contributed by atoms with Crippen LogP contribution in [0.25, 0.3) is 0 Å². The zero-order valence-electron chi connectivity index (χ0n) is 10.5. The summed E-state index contributed by atoms with van der Waals surface area (Å²) in [7, 11) is 0. The van der Waals surface area contributed by atoms with E-state index in [4.69, 9.17) is 5.73 Å². The lowest BCUT2D eigenvalue weighted by molar-refractivity contribution is 0.105. The normalized spacial score (nSPS) is 22.8. The second-order valence-corrected chi connectivity index (χ2v) is 4.84. The van der Waals surface area contributed by atoms with Crippen LogP contribution in [-0.2, 0) is 0 Å². The Hall–Kier alpha value is -1.06. The lowest BCUT2D eigenvalue weighted by Crippen LogP contribution is -2.33. The SMILES string of the molecule is CCC1CCCN1CC(O)c1ccccc1N. The number of hydrogen-bond donors (Lipinski definition) is 2. The molecule has 1 heterocycles. The number of anilines is 1. The summed E-state index contributed by atoms with van der Waals surface area (Å²) in [6.45, 7) is 4.02. The number of nitrogens with two attached hydrogens (primary N) is 1. The highest BCUT2D eigenvalue weighted by Gasteiger charge is 2.25. The maximum absolute atomic E-state index is 10.3. The first-order valence-corrected chi connectivity index (χ1v) is 6.49. The van der Waals surface area contributed by atoms with Crippen molar-refractivity contribution in [3.05, 3.63) is 29.8 Å². The summed E-state index contributed by atoms with van der Waals surface area (Å²) in [5.74, 6) is 0. The van der Waals surface area contributed by atoms with Crippen molar-refractivity contribution >= 4 is 5.69 Å². The minimum absolute atomic E-state index is 0.469. The second-order valence-electron chi connectivity index (χ2n) is 4.84. The number of rotatable bonds is 4. The van der Waals surface area contributed by atoms with Gasteiger partial charge in [0.05, 0.1) is 6.10 Å². The molecule has 3 heteroatoms. The van der Waals surface area contributed by atoms with Crippen LogP contribution in [0.4, 0.5) is 5.69 Å². The van der Waals surface area contributed by atoms with E-state index in [1.54, 1.807) is 0 Å². The van der Waals surface area contributed by atoms with Crippen LogP contribution in [0.5, 0.6) is 0 Å². The molecule has 2 unspecified atom stereocenters. The number of para-hydroxylation sites is 1. The number of benzene rings is 1. The zero-order valence-corrected chi connectivity index (χ0v) is 10.5. The highest BCUT2D eigenvalue weighted by atomic mass is 16.3. The molecular weight excluding hydrogens is 212 g/mol. The van der Waals surface area contributed by atoms with Gasteiger partial charge in [-0.05, 0) is 31.9 Å². The Labute approximate surface area is 103 Å². The van der Waals surface area contributed by atoms with Gasteiger partial charge in [0.25, 0.3) is 0 Å². The number of aliphatic hydroxyl groups is 1. The van der Waals surface area contributed by atoms with E-state index in [9.17, 15) is 5.11 Å². The van der Waals surface area contributed by atoms with Gasteiger partial charge in [0.15, 0.2) is 0 Å². The van der Waals surface area contributed by atoms with Gasteiger partial charge >= 0.3 is 0 Å². The molecule has 17 heavy (non-hydrogen) atoms. The van der Waals surface area contributed by atoms with E-state index in [1.165, 1.54) is 12.8 Å². The summed E-state index contributed by atoms with van der Waals surface area (Å²) in [6, 6.07) is 8.22. The van der Waals surface area contributed by atoms with Crippen LogP contribution < -0.4 is 5.73 Å². The van der Waals surface area contributed by atoms with Crippen molar-refractivity contribution in [2.75, 3.05) is 18.8 Å². The highest BCUT2D eigenvalue weighted by molar-refractivity contribution is 5.47. The van der Waals surface area contributed by atoms with Gasteiger partial charge in [0, 0.05) is 23.8 Å². The summed E-state index contributed by atoms with van der Waals surface area (Å²) in [5, 5.41) is 10.3. The molecule has 0 saturated carbocycles. The van der Waals surface area contributed by atoms with E-state index in [0.717, 1.165) is 18.5 Å². The van der Waals surface area contributed by atoms with E-state index in [1.807, 2.05) is 24.3 Å². The molecular formula is C14H22N2O. The van der Waals surface area contributed by atoms with E-state index in [-0.39, 0.29) is 0 Å². The minimum Gasteiger partial charge on any atom is -0.398 e. The van der Waals surface area contributed by atoms with Crippen molar-refractivity contribution in [3.8, 4) is 0 Å². The first-order chi connectivity index (χ1) is 8.22. The molecule has 3 N–H and O–H groups in total. The maximum atomic E-state index is 10.3. The number of hydrogen-bond acceptors (Lipinski definition) is 3. The highest BCUT2D eigenvalue weighted by Crippen LogP contribution is 2.25. The van der Waals surface area contributed by atoms with E-state index in [2.05, 4.69) is 11.8 Å². The van der Waals surface area contributed by atoms with E-state index < -0.39 is 6.10 Å². The molecule has 1 fully saturated rings. The summed E-state index contributed by atoms with van der Waals surface area (Å²) >= 11 is 0. The number of likely N-dealkylation sites (tertiary alicyclic amines) is 1. The standard InChI is InChI=1S/C14H22N2O/c1-2-11-6-5-9-16(11)10-14(17)12-7-3-4-8-13(12)15/h3-4,7-8,11,14,17H,2,5-6,9-10,15H2,1H3. The Morgan fingerprint density at radius 2 is 2.24 bits per heavy atom. The molecule has 0 bridgehead atoms. The third kappa shape index (κ3) is 2.79. The third-order valence-corrected chi connectivity index (χ3v) is 3.73. The lowest BCUT2D eigenvalue weighted by Gasteiger charge is -2.26. The Bertz CT molecular complexity index is 367. The van der Waals surface area contributed by atoms with Crippen LogP contribution in [0.1, 0.15) is 37.9 Å². The van der Waals surface area contributed by atoms with Crippen LogP contribution in [0.2, 0.25) is 0 Å². The minimum atomic E-state index is -0.469. The van der Waals surface area contributed by atoms with Gasteiger partial charge in [-0.15, -0.1) is 0 Å². The predicted octanol–water partition coefficient (Wildman–Crippen LogP) is 2.18. The monoisotopic (exact) mass is 234 g/mol. The van der Waals surface area contributed by atoms with Crippen LogP contribution in [0.15, 0.2) is 24.3 Å². The molecule has 1 aromatic carbocycles.